The normalized spacial score (nSPS) is 21.5. The van der Waals surface area contributed by atoms with Gasteiger partial charge in [-0.15, -0.1) is 0 Å². The number of hydrogen-bond donors (Lipinski definition) is 2. The predicted molar refractivity (Wildman–Crippen MR) is 88.7 cm³/mol. The van der Waals surface area contributed by atoms with Crippen LogP contribution in [0.15, 0.2) is 29.4 Å². The van der Waals surface area contributed by atoms with Gasteiger partial charge in [0.1, 0.15) is 0 Å². The fourth-order valence-corrected chi connectivity index (χ4v) is 2.81. The van der Waals surface area contributed by atoms with Gasteiger partial charge in [0, 0.05) is 6.04 Å². The van der Waals surface area contributed by atoms with E-state index < -0.39 is 5.97 Å². The van der Waals surface area contributed by atoms with Crippen LogP contribution in [0.2, 0.25) is 0 Å². The van der Waals surface area contributed by atoms with Gasteiger partial charge in [0.2, 0.25) is 0 Å². The van der Waals surface area contributed by atoms with E-state index in [0.717, 1.165) is 12.0 Å². The Labute approximate surface area is 135 Å². The van der Waals surface area contributed by atoms with Crippen LogP contribution in [0.25, 0.3) is 0 Å². The Kier molecular flexibility index (Phi) is 5.89. The number of carboxylic acid groups (broad SMARTS) is 1. The number of carboxylic acids is 1. The minimum absolute atomic E-state index is 0.147. The number of aromatic carboxylic acids is 1. The molecule has 0 spiro atoms. The van der Waals surface area contributed by atoms with Crippen LogP contribution in [-0.2, 0) is 0 Å². The lowest BCUT2D eigenvalue weighted by Gasteiger charge is -2.30. The summed E-state index contributed by atoms with van der Waals surface area (Å²) in [5, 5.41) is 18.5. The van der Waals surface area contributed by atoms with Crippen molar-refractivity contribution in [1.82, 2.24) is 10.7 Å². The van der Waals surface area contributed by atoms with E-state index in [1.54, 1.807) is 18.3 Å². The van der Waals surface area contributed by atoms with Crippen LogP contribution in [0, 0.1) is 5.92 Å². The highest BCUT2D eigenvalue weighted by atomic mass is 32.1. The fourth-order valence-electron chi connectivity index (χ4n) is 2.60. The van der Waals surface area contributed by atoms with Gasteiger partial charge in [0.25, 0.3) is 0 Å². The van der Waals surface area contributed by atoms with Crippen molar-refractivity contribution in [3.63, 3.8) is 0 Å². The lowest BCUT2D eigenvalue weighted by molar-refractivity contribution is -0.255. The second-order valence-electron chi connectivity index (χ2n) is 5.62. The molecule has 2 atom stereocenters. The number of nitrogens with one attached hydrogen (secondary N) is 2. The molecule has 5 nitrogen and oxygen atoms in total. The number of carbonyl (C=O) groups is 1. The number of thiocarbonyl (C=S) groups is 1. The van der Waals surface area contributed by atoms with Gasteiger partial charge in [-0.3, -0.25) is 5.43 Å². The molecule has 1 aromatic carbocycles. The summed E-state index contributed by atoms with van der Waals surface area (Å²) in [5.41, 5.74) is 3.73. The molecule has 0 saturated heterocycles. The molecule has 0 unspecified atom stereocenters. The number of nitrogens with zero attached hydrogens (tertiary/aromatic N) is 1. The third-order valence-electron chi connectivity index (χ3n) is 3.95. The van der Waals surface area contributed by atoms with E-state index >= 15 is 0 Å². The molecule has 1 fully saturated rings. The molecule has 2 N–H and O–H groups in total. The van der Waals surface area contributed by atoms with E-state index in [1.165, 1.54) is 31.4 Å². The maximum Gasteiger partial charge on any atom is 0.187 e. The number of hydrazone groups is 1. The van der Waals surface area contributed by atoms with E-state index in [9.17, 15) is 9.90 Å². The summed E-state index contributed by atoms with van der Waals surface area (Å²) in [4.78, 5) is 10.6. The highest BCUT2D eigenvalue weighted by Gasteiger charge is 2.21. The van der Waals surface area contributed by atoms with E-state index in [0.29, 0.717) is 17.1 Å². The molecule has 0 amide bonds. The fraction of sp³-hybridized carbons (Fsp3) is 0.438. The summed E-state index contributed by atoms with van der Waals surface area (Å²) >= 11 is 5.24. The van der Waals surface area contributed by atoms with Crippen molar-refractivity contribution in [3.8, 4) is 0 Å². The molecule has 1 aliphatic carbocycles. The van der Waals surface area contributed by atoms with Gasteiger partial charge >= 0.3 is 0 Å². The van der Waals surface area contributed by atoms with Crippen LogP contribution in [0.5, 0.6) is 0 Å². The number of hydrogen-bond acceptors (Lipinski definition) is 4. The second-order valence-corrected chi connectivity index (χ2v) is 6.03. The molecule has 1 saturated carbocycles. The quantitative estimate of drug-likeness (QED) is 0.499. The van der Waals surface area contributed by atoms with Crippen LogP contribution < -0.4 is 15.8 Å². The van der Waals surface area contributed by atoms with Crippen molar-refractivity contribution in [2.75, 3.05) is 0 Å². The zero-order valence-electron chi connectivity index (χ0n) is 12.5. The molecule has 0 bridgehead atoms. The smallest absolute Gasteiger partial charge is 0.187 e. The molecular formula is C16H20N3O2S-. The van der Waals surface area contributed by atoms with Crippen molar-refractivity contribution in [3.05, 3.63) is 35.4 Å². The maximum absolute atomic E-state index is 10.6. The summed E-state index contributed by atoms with van der Waals surface area (Å²) in [5.74, 6) is -0.566. The Balaban J connectivity index is 1.81. The molecule has 0 heterocycles. The average molecular weight is 318 g/mol. The lowest BCUT2D eigenvalue weighted by Crippen LogP contribution is -2.44. The summed E-state index contributed by atoms with van der Waals surface area (Å²) in [6.45, 7) is 2.24. The van der Waals surface area contributed by atoms with Crippen molar-refractivity contribution >= 4 is 29.5 Å². The molecule has 0 aromatic heterocycles. The van der Waals surface area contributed by atoms with Crippen molar-refractivity contribution < 1.29 is 9.90 Å². The standard InChI is InChI=1S/C16H21N3O2S/c1-11-4-2-3-5-14(11)18-16(22)19-17-10-12-6-8-13(9-7-12)15(20)21/h6-11,14H,2-5H2,1H3,(H,20,21)(H2,18,19,22)/p-1/b17-10-/t11-,14-/m0/s1. The molecule has 2 rings (SSSR count). The Bertz CT molecular complexity index is 557. The van der Waals surface area contributed by atoms with Crippen LogP contribution >= 0.6 is 12.2 Å². The van der Waals surface area contributed by atoms with Crippen LogP contribution in [0.1, 0.15) is 48.5 Å². The Morgan fingerprint density at radius 3 is 2.64 bits per heavy atom. The van der Waals surface area contributed by atoms with E-state index in [-0.39, 0.29) is 5.56 Å². The minimum Gasteiger partial charge on any atom is -0.545 e. The number of rotatable bonds is 4. The lowest BCUT2D eigenvalue weighted by atomic mass is 9.86. The molecule has 118 valence electrons. The zero-order valence-corrected chi connectivity index (χ0v) is 13.4. The summed E-state index contributed by atoms with van der Waals surface area (Å²) < 4.78 is 0. The molecule has 0 radical (unpaired) electrons. The van der Waals surface area contributed by atoms with Gasteiger partial charge in [0.15, 0.2) is 5.11 Å². The largest absolute Gasteiger partial charge is 0.545 e. The number of benzene rings is 1. The Morgan fingerprint density at radius 2 is 2.00 bits per heavy atom. The second kappa shape index (κ2) is 7.89. The molecule has 6 heteroatoms. The SMILES string of the molecule is C[C@H]1CCCC[C@@H]1NC(=S)N/N=C\c1ccc(C(=O)[O-])cc1. The molecule has 1 aliphatic rings. The van der Waals surface area contributed by atoms with E-state index in [4.69, 9.17) is 12.2 Å². The molecule has 22 heavy (non-hydrogen) atoms. The molecular weight excluding hydrogens is 298 g/mol. The summed E-state index contributed by atoms with van der Waals surface area (Å²) in [6, 6.07) is 6.70. The monoisotopic (exact) mass is 318 g/mol. The van der Waals surface area contributed by atoms with Crippen molar-refractivity contribution in [2.45, 2.75) is 38.6 Å². The predicted octanol–water partition coefficient (Wildman–Crippen LogP) is 1.43. The Hall–Kier alpha value is -1.95. The van der Waals surface area contributed by atoms with Gasteiger partial charge in [-0.2, -0.15) is 5.10 Å². The topological polar surface area (TPSA) is 76.5 Å². The zero-order chi connectivity index (χ0) is 15.9. The maximum atomic E-state index is 10.6. The van der Waals surface area contributed by atoms with E-state index in [1.807, 2.05) is 0 Å². The van der Waals surface area contributed by atoms with Crippen molar-refractivity contribution in [1.29, 1.82) is 0 Å². The van der Waals surface area contributed by atoms with Crippen LogP contribution in [0.3, 0.4) is 0 Å². The first-order chi connectivity index (χ1) is 10.6. The Morgan fingerprint density at radius 1 is 1.32 bits per heavy atom. The summed E-state index contributed by atoms with van der Waals surface area (Å²) in [6.07, 6.45) is 6.49. The van der Waals surface area contributed by atoms with Gasteiger partial charge in [-0.1, -0.05) is 44.0 Å². The van der Waals surface area contributed by atoms with Crippen molar-refractivity contribution in [2.24, 2.45) is 11.0 Å². The minimum atomic E-state index is -1.19. The van der Waals surface area contributed by atoms with Gasteiger partial charge < -0.3 is 15.2 Å². The first-order valence-electron chi connectivity index (χ1n) is 7.47. The van der Waals surface area contributed by atoms with Gasteiger partial charge in [-0.25, -0.2) is 0 Å². The third kappa shape index (κ3) is 4.80. The van der Waals surface area contributed by atoms with Gasteiger partial charge in [-0.05, 0) is 42.1 Å². The highest BCUT2D eigenvalue weighted by molar-refractivity contribution is 7.80. The first kappa shape index (κ1) is 16.4. The first-order valence-corrected chi connectivity index (χ1v) is 7.88. The van der Waals surface area contributed by atoms with E-state index in [2.05, 4.69) is 22.8 Å². The van der Waals surface area contributed by atoms with Crippen LogP contribution in [-0.4, -0.2) is 23.3 Å². The highest BCUT2D eigenvalue weighted by Crippen LogP contribution is 2.23. The number of carbonyl (C=O) groups excluding carboxylic acids is 1. The third-order valence-corrected chi connectivity index (χ3v) is 4.16. The average Bonchev–Trinajstić information content (AvgIpc) is 2.50. The molecule has 1 aromatic rings. The summed E-state index contributed by atoms with van der Waals surface area (Å²) in [7, 11) is 0. The van der Waals surface area contributed by atoms with Gasteiger partial charge in [0.05, 0.1) is 12.2 Å². The van der Waals surface area contributed by atoms with Crippen LogP contribution in [0.4, 0.5) is 0 Å². The molecule has 0 aliphatic heterocycles.